The van der Waals surface area contributed by atoms with E-state index in [4.69, 9.17) is 18.5 Å². The highest BCUT2D eigenvalue weighted by molar-refractivity contribution is 7.52. The van der Waals surface area contributed by atoms with E-state index in [1.54, 1.807) is 56.4 Å². The van der Waals surface area contributed by atoms with Gasteiger partial charge in [0.15, 0.2) is 0 Å². The van der Waals surface area contributed by atoms with Crippen LogP contribution in [-0.2, 0) is 28.2 Å². The lowest BCUT2D eigenvalue weighted by Crippen LogP contribution is -2.36. The van der Waals surface area contributed by atoms with Crippen LogP contribution in [0.1, 0.15) is 79.9 Å². The first-order valence-electron chi connectivity index (χ1n) is 15.0. The Bertz CT molecular complexity index is 1300. The topological polar surface area (TPSA) is 147 Å². The first kappa shape index (κ1) is 34.4. The zero-order valence-electron chi connectivity index (χ0n) is 25.9. The van der Waals surface area contributed by atoms with Crippen molar-refractivity contribution in [3.63, 3.8) is 0 Å². The summed E-state index contributed by atoms with van der Waals surface area (Å²) in [4.78, 5) is 42.1. The summed E-state index contributed by atoms with van der Waals surface area (Å²) in [7, 11) is -4.06. The molecule has 3 rings (SSSR count). The molecule has 12 nitrogen and oxygen atoms in total. The molecule has 1 aliphatic heterocycles. The predicted octanol–water partition coefficient (Wildman–Crippen LogP) is 5.46. The molecule has 0 aliphatic carbocycles. The molecule has 1 aliphatic rings. The van der Waals surface area contributed by atoms with E-state index in [9.17, 15) is 18.9 Å². The van der Waals surface area contributed by atoms with E-state index in [2.05, 4.69) is 15.4 Å². The first-order chi connectivity index (χ1) is 20.4. The number of nitrogens with zero attached hydrogens (tertiary/aromatic N) is 2. The molecule has 5 atom stereocenters. The Morgan fingerprint density at radius 1 is 1.12 bits per heavy atom. The van der Waals surface area contributed by atoms with Crippen LogP contribution in [-0.4, -0.2) is 46.3 Å². The molecule has 0 bridgehead atoms. The van der Waals surface area contributed by atoms with E-state index < -0.39 is 37.8 Å². The van der Waals surface area contributed by atoms with Gasteiger partial charge in [-0.15, -0.1) is 0 Å². The molecule has 1 amide bonds. The van der Waals surface area contributed by atoms with Crippen LogP contribution in [0, 0.1) is 11.8 Å². The number of nitrogens with one attached hydrogen (secondary N) is 2. The van der Waals surface area contributed by atoms with Gasteiger partial charge in [-0.1, -0.05) is 51.8 Å². The lowest BCUT2D eigenvalue weighted by atomic mass is 9.97. The van der Waals surface area contributed by atoms with Crippen molar-refractivity contribution < 1.29 is 32.7 Å². The van der Waals surface area contributed by atoms with Gasteiger partial charge >= 0.3 is 19.4 Å². The number of hydrogen-bond acceptors (Lipinski definition) is 9. The second-order valence-electron chi connectivity index (χ2n) is 11.2. The molecular weight excluding hydrogens is 575 g/mol. The Morgan fingerprint density at radius 3 is 2.40 bits per heavy atom. The van der Waals surface area contributed by atoms with Crippen molar-refractivity contribution in [3.05, 3.63) is 53.1 Å². The van der Waals surface area contributed by atoms with Gasteiger partial charge in [-0.05, 0) is 58.2 Å². The largest absolute Gasteiger partial charge is 0.462 e. The minimum absolute atomic E-state index is 0.102. The van der Waals surface area contributed by atoms with Crippen LogP contribution in [0.5, 0.6) is 5.75 Å². The summed E-state index contributed by atoms with van der Waals surface area (Å²) in [6.07, 6.45) is 3.86. The smallest absolute Gasteiger partial charge is 0.459 e. The van der Waals surface area contributed by atoms with Gasteiger partial charge < -0.3 is 19.3 Å². The van der Waals surface area contributed by atoms with Crippen molar-refractivity contribution in [3.8, 4) is 5.75 Å². The zero-order valence-corrected chi connectivity index (χ0v) is 26.8. The number of amides is 1. The van der Waals surface area contributed by atoms with E-state index >= 15 is 0 Å². The number of benzene rings is 1. The lowest BCUT2D eigenvalue weighted by Gasteiger charge is -2.24. The standard InChI is InChI=1S/C30H45N4O8P/c1-7-12-23(13-8-2)27(35)31-26-16-17-34(30(37)32-26)28-21(5)18-25(41-28)19-39-43(38,42-24-14-10-9-11-15-24)33-22(6)29(36)40-20(3)4/h9-11,14-17,20-23,25,28H,7-8,12-13,18-19H2,1-6H3,(H,33,38)(H,31,32,35,37)/t21-,22-,25-,28+,43?/m0/s1. The molecule has 43 heavy (non-hydrogen) atoms. The second-order valence-corrected chi connectivity index (χ2v) is 12.9. The molecule has 0 spiro atoms. The molecule has 1 aromatic heterocycles. The van der Waals surface area contributed by atoms with Crippen LogP contribution in [0.15, 0.2) is 47.4 Å². The van der Waals surface area contributed by atoms with E-state index in [0.29, 0.717) is 12.2 Å². The maximum Gasteiger partial charge on any atom is 0.459 e. The van der Waals surface area contributed by atoms with E-state index in [0.717, 1.165) is 25.7 Å². The van der Waals surface area contributed by atoms with Crippen LogP contribution in [0.2, 0.25) is 0 Å². The fourth-order valence-electron chi connectivity index (χ4n) is 4.89. The number of hydrogen-bond donors (Lipinski definition) is 2. The quantitative estimate of drug-likeness (QED) is 0.183. The van der Waals surface area contributed by atoms with Crippen LogP contribution in [0.25, 0.3) is 0 Å². The van der Waals surface area contributed by atoms with Gasteiger partial charge in [-0.2, -0.15) is 10.1 Å². The highest BCUT2D eigenvalue weighted by atomic mass is 31.2. The Kier molecular flexibility index (Phi) is 12.9. The second kappa shape index (κ2) is 16.1. The number of ether oxygens (including phenoxy) is 2. The summed E-state index contributed by atoms with van der Waals surface area (Å²) in [5.41, 5.74) is -0.559. The minimum atomic E-state index is -4.06. The maximum absolute atomic E-state index is 13.8. The summed E-state index contributed by atoms with van der Waals surface area (Å²) in [5, 5.41) is 5.43. The summed E-state index contributed by atoms with van der Waals surface area (Å²) < 4.78 is 37.9. The molecule has 2 aromatic rings. The van der Waals surface area contributed by atoms with Gasteiger partial charge in [0.2, 0.25) is 5.91 Å². The molecule has 1 unspecified atom stereocenters. The summed E-state index contributed by atoms with van der Waals surface area (Å²) in [5.74, 6) is -0.476. The Morgan fingerprint density at radius 2 is 1.79 bits per heavy atom. The first-order valence-corrected chi connectivity index (χ1v) is 16.5. The third kappa shape index (κ3) is 10.3. The summed E-state index contributed by atoms with van der Waals surface area (Å²) >= 11 is 0. The SMILES string of the molecule is CCCC(CCC)C(=O)Nc1ccn([C@@H]2O[C@H](COP(=O)(N[C@@H](C)C(=O)OC(C)C)Oc3ccccc3)C[C@@H]2C)c(=O)n1. The molecular formula is C30H45N4O8P. The number of anilines is 1. The number of aromatic nitrogens is 2. The van der Waals surface area contributed by atoms with Gasteiger partial charge in [0.05, 0.1) is 18.8 Å². The van der Waals surface area contributed by atoms with Gasteiger partial charge in [-0.3, -0.25) is 18.7 Å². The molecule has 238 valence electrons. The third-order valence-electron chi connectivity index (χ3n) is 6.91. The van der Waals surface area contributed by atoms with Gasteiger partial charge in [0.1, 0.15) is 23.8 Å². The number of esters is 1. The average molecular weight is 621 g/mol. The number of carbonyl (C=O) groups is 2. The van der Waals surface area contributed by atoms with Crippen molar-refractivity contribution in [2.45, 2.75) is 98.1 Å². The normalized spacial score (nSPS) is 20.5. The van der Waals surface area contributed by atoms with E-state index in [-0.39, 0.29) is 36.3 Å². The molecule has 1 saturated heterocycles. The van der Waals surface area contributed by atoms with Crippen molar-refractivity contribution in [2.75, 3.05) is 11.9 Å². The van der Waals surface area contributed by atoms with Gasteiger partial charge in [0, 0.05) is 18.0 Å². The van der Waals surface area contributed by atoms with Crippen LogP contribution in [0.3, 0.4) is 0 Å². The highest BCUT2D eigenvalue weighted by Crippen LogP contribution is 2.46. The van der Waals surface area contributed by atoms with Crippen LogP contribution < -0.4 is 20.6 Å². The third-order valence-corrected chi connectivity index (χ3v) is 8.55. The Balaban J connectivity index is 1.67. The molecule has 1 aromatic carbocycles. The van der Waals surface area contributed by atoms with Crippen molar-refractivity contribution in [1.82, 2.24) is 14.6 Å². The molecule has 2 N–H and O–H groups in total. The molecule has 1 fully saturated rings. The maximum atomic E-state index is 13.8. The Hall–Kier alpha value is -3.05. The van der Waals surface area contributed by atoms with E-state index in [1.807, 2.05) is 20.8 Å². The summed E-state index contributed by atoms with van der Waals surface area (Å²) in [6.45, 7) is 10.8. The van der Waals surface area contributed by atoms with Crippen LogP contribution in [0.4, 0.5) is 5.82 Å². The van der Waals surface area contributed by atoms with Crippen molar-refractivity contribution in [1.29, 1.82) is 0 Å². The number of para-hydroxylation sites is 1. The molecule has 0 saturated carbocycles. The zero-order chi connectivity index (χ0) is 31.6. The van der Waals surface area contributed by atoms with E-state index in [1.165, 1.54) is 11.5 Å². The fraction of sp³-hybridized carbons (Fsp3) is 0.600. The molecule has 13 heteroatoms. The monoisotopic (exact) mass is 620 g/mol. The Labute approximate surface area is 253 Å². The number of carbonyl (C=O) groups excluding carboxylic acids is 2. The molecule has 2 heterocycles. The van der Waals surface area contributed by atoms with Crippen molar-refractivity contribution in [2.24, 2.45) is 11.8 Å². The number of rotatable bonds is 16. The average Bonchev–Trinajstić information content (AvgIpc) is 3.32. The molecule has 0 radical (unpaired) electrons. The highest BCUT2D eigenvalue weighted by Gasteiger charge is 2.38. The fourth-order valence-corrected chi connectivity index (χ4v) is 6.41. The van der Waals surface area contributed by atoms with Gasteiger partial charge in [0.25, 0.3) is 0 Å². The summed E-state index contributed by atoms with van der Waals surface area (Å²) in [6, 6.07) is 9.08. The van der Waals surface area contributed by atoms with Crippen molar-refractivity contribution >= 4 is 25.4 Å². The van der Waals surface area contributed by atoms with Crippen LogP contribution >= 0.6 is 7.75 Å². The van der Waals surface area contributed by atoms with Gasteiger partial charge in [-0.25, -0.2) is 9.36 Å². The predicted molar refractivity (Wildman–Crippen MR) is 163 cm³/mol. The lowest BCUT2D eigenvalue weighted by molar-refractivity contribution is -0.149. The minimum Gasteiger partial charge on any atom is -0.462 e.